The van der Waals surface area contributed by atoms with Crippen molar-refractivity contribution in [3.8, 4) is 0 Å². The molecule has 1 aromatic rings. The van der Waals surface area contributed by atoms with E-state index in [0.717, 1.165) is 36.5 Å². The van der Waals surface area contributed by atoms with Gasteiger partial charge in [-0.1, -0.05) is 22.4 Å². The summed E-state index contributed by atoms with van der Waals surface area (Å²) >= 11 is 3.37. The van der Waals surface area contributed by atoms with Gasteiger partial charge in [-0.15, -0.1) is 24.0 Å². The van der Waals surface area contributed by atoms with E-state index < -0.39 is 0 Å². The fourth-order valence-electron chi connectivity index (χ4n) is 2.94. The summed E-state index contributed by atoms with van der Waals surface area (Å²) in [6.45, 7) is 5.79. The molecule has 2 rings (SSSR count). The molecule has 0 atom stereocenters. The summed E-state index contributed by atoms with van der Waals surface area (Å²) in [5.74, 6) is 0.780. The summed E-state index contributed by atoms with van der Waals surface area (Å²) < 4.78 is 0.970. The van der Waals surface area contributed by atoms with Gasteiger partial charge < -0.3 is 20.9 Å². The third-order valence-electron chi connectivity index (χ3n) is 4.43. The SMILES string of the molecule is CN=C(NCCCNC(=O)c1ccc(Br)cc1)NCCN1CCCCC1.I. The van der Waals surface area contributed by atoms with Crippen LogP contribution in [0.15, 0.2) is 33.7 Å². The lowest BCUT2D eigenvalue weighted by atomic mass is 10.1. The molecule has 27 heavy (non-hydrogen) atoms. The maximum absolute atomic E-state index is 12.0. The minimum absolute atomic E-state index is 0. The van der Waals surface area contributed by atoms with Crippen LogP contribution < -0.4 is 16.0 Å². The van der Waals surface area contributed by atoms with Gasteiger partial charge in [0.2, 0.25) is 0 Å². The lowest BCUT2D eigenvalue weighted by Crippen LogP contribution is -2.43. The summed E-state index contributed by atoms with van der Waals surface area (Å²) in [5.41, 5.74) is 0.677. The van der Waals surface area contributed by atoms with E-state index in [9.17, 15) is 4.79 Å². The molecule has 0 bridgehead atoms. The first kappa shape index (κ1) is 24.2. The van der Waals surface area contributed by atoms with E-state index in [1.807, 2.05) is 24.3 Å². The van der Waals surface area contributed by atoms with Crippen molar-refractivity contribution in [2.45, 2.75) is 25.7 Å². The van der Waals surface area contributed by atoms with E-state index in [4.69, 9.17) is 0 Å². The van der Waals surface area contributed by atoms with E-state index in [2.05, 4.69) is 41.8 Å². The van der Waals surface area contributed by atoms with Crippen molar-refractivity contribution >= 4 is 51.8 Å². The minimum atomic E-state index is -0.0402. The molecular formula is C19H31BrIN5O. The Hall–Kier alpha value is -0.870. The number of piperidine rings is 1. The van der Waals surface area contributed by atoms with E-state index in [1.54, 1.807) is 7.05 Å². The molecule has 8 heteroatoms. The first-order valence-electron chi connectivity index (χ1n) is 9.39. The van der Waals surface area contributed by atoms with Gasteiger partial charge >= 0.3 is 0 Å². The molecule has 3 N–H and O–H groups in total. The molecule has 0 aliphatic carbocycles. The van der Waals surface area contributed by atoms with Crippen LogP contribution in [0.1, 0.15) is 36.0 Å². The fourth-order valence-corrected chi connectivity index (χ4v) is 3.20. The highest BCUT2D eigenvalue weighted by molar-refractivity contribution is 14.0. The van der Waals surface area contributed by atoms with Crippen molar-refractivity contribution in [2.75, 3.05) is 46.3 Å². The number of carbonyl (C=O) groups is 1. The number of halogens is 2. The Morgan fingerprint density at radius 3 is 2.33 bits per heavy atom. The van der Waals surface area contributed by atoms with Gasteiger partial charge in [-0.25, -0.2) is 0 Å². The highest BCUT2D eigenvalue weighted by atomic mass is 127. The molecule has 1 saturated heterocycles. The predicted molar refractivity (Wildman–Crippen MR) is 126 cm³/mol. The molecule has 0 spiro atoms. The third kappa shape index (κ3) is 9.75. The van der Waals surface area contributed by atoms with Gasteiger partial charge in [0.25, 0.3) is 5.91 Å². The molecule has 1 fully saturated rings. The number of guanidine groups is 1. The Morgan fingerprint density at radius 2 is 1.67 bits per heavy atom. The minimum Gasteiger partial charge on any atom is -0.356 e. The average Bonchev–Trinajstić information content (AvgIpc) is 2.67. The van der Waals surface area contributed by atoms with Crippen molar-refractivity contribution in [3.63, 3.8) is 0 Å². The smallest absolute Gasteiger partial charge is 0.251 e. The average molecular weight is 552 g/mol. The van der Waals surface area contributed by atoms with Crippen molar-refractivity contribution in [1.29, 1.82) is 0 Å². The number of amides is 1. The molecular weight excluding hydrogens is 521 g/mol. The van der Waals surface area contributed by atoms with Crippen molar-refractivity contribution in [3.05, 3.63) is 34.3 Å². The second-order valence-corrected chi connectivity index (χ2v) is 7.36. The van der Waals surface area contributed by atoms with E-state index in [-0.39, 0.29) is 29.9 Å². The highest BCUT2D eigenvalue weighted by Crippen LogP contribution is 2.10. The lowest BCUT2D eigenvalue weighted by Gasteiger charge is -2.26. The van der Waals surface area contributed by atoms with Gasteiger partial charge in [0.15, 0.2) is 5.96 Å². The van der Waals surface area contributed by atoms with Crippen LogP contribution in [0.25, 0.3) is 0 Å². The highest BCUT2D eigenvalue weighted by Gasteiger charge is 2.09. The molecule has 0 radical (unpaired) electrons. The first-order chi connectivity index (χ1) is 12.7. The number of hydrogen-bond donors (Lipinski definition) is 3. The molecule has 0 aromatic heterocycles. The van der Waals surface area contributed by atoms with Crippen LogP contribution in [-0.2, 0) is 0 Å². The third-order valence-corrected chi connectivity index (χ3v) is 4.96. The number of nitrogens with one attached hydrogen (secondary N) is 3. The van der Waals surface area contributed by atoms with Crippen LogP contribution in [-0.4, -0.2) is 63.1 Å². The molecule has 6 nitrogen and oxygen atoms in total. The molecule has 0 saturated carbocycles. The first-order valence-corrected chi connectivity index (χ1v) is 10.2. The van der Waals surface area contributed by atoms with E-state index in [1.165, 1.54) is 32.4 Å². The number of hydrogen-bond acceptors (Lipinski definition) is 3. The molecule has 1 aromatic carbocycles. The van der Waals surface area contributed by atoms with E-state index in [0.29, 0.717) is 12.1 Å². The normalized spacial score (nSPS) is 15.0. The number of carbonyl (C=O) groups excluding carboxylic acids is 1. The molecule has 1 aliphatic rings. The zero-order chi connectivity index (χ0) is 18.6. The van der Waals surface area contributed by atoms with Gasteiger partial charge in [-0.3, -0.25) is 9.79 Å². The number of nitrogens with zero attached hydrogens (tertiary/aromatic N) is 2. The van der Waals surface area contributed by atoms with Gasteiger partial charge in [0, 0.05) is 43.3 Å². The number of aliphatic imine (C=N–C) groups is 1. The summed E-state index contributed by atoms with van der Waals surface area (Å²) in [7, 11) is 1.78. The van der Waals surface area contributed by atoms with Crippen LogP contribution in [0.4, 0.5) is 0 Å². The van der Waals surface area contributed by atoms with Crippen molar-refractivity contribution in [1.82, 2.24) is 20.9 Å². The monoisotopic (exact) mass is 551 g/mol. The Kier molecular flexibility index (Phi) is 12.7. The van der Waals surface area contributed by atoms with Gasteiger partial charge in [0.1, 0.15) is 0 Å². The summed E-state index contributed by atoms with van der Waals surface area (Å²) in [4.78, 5) is 18.8. The van der Waals surface area contributed by atoms with Crippen LogP contribution in [0.5, 0.6) is 0 Å². The van der Waals surface area contributed by atoms with Crippen LogP contribution in [0, 0.1) is 0 Å². The molecule has 1 aliphatic heterocycles. The predicted octanol–water partition coefficient (Wildman–Crippen LogP) is 2.84. The Labute approximate surface area is 188 Å². The topological polar surface area (TPSA) is 68.8 Å². The molecule has 152 valence electrons. The fraction of sp³-hybridized carbons (Fsp3) is 0.579. The number of likely N-dealkylation sites (tertiary alicyclic amines) is 1. The second-order valence-electron chi connectivity index (χ2n) is 6.44. The maximum Gasteiger partial charge on any atom is 0.251 e. The number of rotatable bonds is 8. The zero-order valence-corrected chi connectivity index (χ0v) is 19.9. The zero-order valence-electron chi connectivity index (χ0n) is 16.0. The summed E-state index contributed by atoms with van der Waals surface area (Å²) in [5, 5.41) is 9.58. The molecule has 1 amide bonds. The molecule has 1 heterocycles. The molecule has 0 unspecified atom stereocenters. The second kappa shape index (κ2) is 14.2. The van der Waals surface area contributed by atoms with Crippen molar-refractivity contribution < 1.29 is 4.79 Å². The quantitative estimate of drug-likeness (QED) is 0.201. The number of benzene rings is 1. The van der Waals surface area contributed by atoms with Crippen molar-refractivity contribution in [2.24, 2.45) is 4.99 Å². The van der Waals surface area contributed by atoms with Gasteiger partial charge in [-0.05, 0) is 56.6 Å². The van der Waals surface area contributed by atoms with Crippen LogP contribution in [0.2, 0.25) is 0 Å². The van der Waals surface area contributed by atoms with Gasteiger partial charge in [-0.2, -0.15) is 0 Å². The van der Waals surface area contributed by atoms with Gasteiger partial charge in [0.05, 0.1) is 0 Å². The summed E-state index contributed by atoms with van der Waals surface area (Å²) in [6.07, 6.45) is 4.85. The lowest BCUT2D eigenvalue weighted by molar-refractivity contribution is 0.0953. The maximum atomic E-state index is 12.0. The van der Waals surface area contributed by atoms with E-state index >= 15 is 0 Å². The standard InChI is InChI=1S/C19H30BrN5O.HI/c1-21-19(24-12-15-25-13-3-2-4-14-25)23-11-5-10-22-18(26)16-6-8-17(20)9-7-16;/h6-9H,2-5,10-15H2,1H3,(H,22,26)(H2,21,23,24);1H. The Morgan fingerprint density at radius 1 is 1.04 bits per heavy atom. The Balaban J connectivity index is 0.00000364. The largest absolute Gasteiger partial charge is 0.356 e. The van der Waals surface area contributed by atoms with Crippen LogP contribution >= 0.6 is 39.9 Å². The van der Waals surface area contributed by atoms with Crippen LogP contribution in [0.3, 0.4) is 0 Å². The summed E-state index contributed by atoms with van der Waals surface area (Å²) in [6, 6.07) is 7.36. The Bertz CT molecular complexity index is 576.